The number of amides is 1. The number of carbonyl (C=O) groups is 1. The summed E-state index contributed by atoms with van der Waals surface area (Å²) in [4.78, 5) is 13.9. The zero-order chi connectivity index (χ0) is 13.4. The standard InChI is InChI=1S/C15H20N2O2/c1-10(18)17-9-12-7-16-8-14(12)15(17)11-3-5-13(19-2)6-4-11/h3-6,12,14-16H,7-9H2,1-2H3/t12-,14-,15+/m1/s1. The zero-order valence-corrected chi connectivity index (χ0v) is 11.4. The van der Waals surface area contributed by atoms with Crippen molar-refractivity contribution in [3.8, 4) is 5.75 Å². The van der Waals surface area contributed by atoms with Gasteiger partial charge in [0.05, 0.1) is 13.2 Å². The molecular formula is C15H20N2O2. The third-order valence-electron chi connectivity index (χ3n) is 4.43. The van der Waals surface area contributed by atoms with Crippen LogP contribution in [-0.4, -0.2) is 37.6 Å². The molecule has 0 saturated carbocycles. The summed E-state index contributed by atoms with van der Waals surface area (Å²) in [5.74, 6) is 2.17. The molecule has 0 unspecified atom stereocenters. The number of fused-ring (bicyclic) bond motifs is 1. The van der Waals surface area contributed by atoms with Gasteiger partial charge in [-0.15, -0.1) is 0 Å². The molecule has 0 aliphatic carbocycles. The summed E-state index contributed by atoms with van der Waals surface area (Å²) >= 11 is 0. The SMILES string of the molecule is COc1ccc([C@H]2[C@@H]3CNC[C@@H]3CN2C(C)=O)cc1. The maximum atomic E-state index is 11.9. The molecule has 0 spiro atoms. The molecule has 2 aliphatic rings. The Kier molecular flexibility index (Phi) is 3.19. The highest BCUT2D eigenvalue weighted by Crippen LogP contribution is 2.42. The van der Waals surface area contributed by atoms with Crippen molar-refractivity contribution >= 4 is 5.91 Å². The normalized spacial score (nSPS) is 29.4. The molecule has 3 atom stereocenters. The van der Waals surface area contributed by atoms with E-state index in [-0.39, 0.29) is 11.9 Å². The molecule has 1 aromatic carbocycles. The van der Waals surface area contributed by atoms with Crippen LogP contribution in [0.15, 0.2) is 24.3 Å². The first-order valence-corrected chi connectivity index (χ1v) is 6.82. The van der Waals surface area contributed by atoms with E-state index >= 15 is 0 Å². The second-order valence-corrected chi connectivity index (χ2v) is 5.47. The van der Waals surface area contributed by atoms with E-state index in [1.807, 2.05) is 17.0 Å². The molecule has 4 nitrogen and oxygen atoms in total. The highest BCUT2D eigenvalue weighted by molar-refractivity contribution is 5.74. The van der Waals surface area contributed by atoms with Crippen molar-refractivity contribution in [2.24, 2.45) is 11.8 Å². The molecule has 2 aliphatic heterocycles. The van der Waals surface area contributed by atoms with Gasteiger partial charge in [0.2, 0.25) is 5.91 Å². The minimum Gasteiger partial charge on any atom is -0.497 e. The van der Waals surface area contributed by atoms with E-state index in [1.54, 1.807) is 14.0 Å². The third kappa shape index (κ3) is 2.10. The van der Waals surface area contributed by atoms with Gasteiger partial charge < -0.3 is 15.0 Å². The number of likely N-dealkylation sites (tertiary alicyclic amines) is 1. The van der Waals surface area contributed by atoms with Crippen molar-refractivity contribution < 1.29 is 9.53 Å². The van der Waals surface area contributed by atoms with Crippen molar-refractivity contribution in [1.82, 2.24) is 10.2 Å². The van der Waals surface area contributed by atoms with Crippen LogP contribution in [0, 0.1) is 11.8 Å². The summed E-state index contributed by atoms with van der Waals surface area (Å²) in [5.41, 5.74) is 1.22. The van der Waals surface area contributed by atoms with Gasteiger partial charge >= 0.3 is 0 Å². The summed E-state index contributed by atoms with van der Waals surface area (Å²) in [6.45, 7) is 4.58. The van der Waals surface area contributed by atoms with E-state index in [9.17, 15) is 4.79 Å². The molecule has 2 saturated heterocycles. The predicted molar refractivity (Wildman–Crippen MR) is 73.0 cm³/mol. The summed E-state index contributed by atoms with van der Waals surface area (Å²) < 4.78 is 5.20. The lowest BCUT2D eigenvalue weighted by Gasteiger charge is -2.27. The first kappa shape index (κ1) is 12.5. The number of methoxy groups -OCH3 is 1. The van der Waals surface area contributed by atoms with Gasteiger partial charge in [0.25, 0.3) is 0 Å². The monoisotopic (exact) mass is 260 g/mol. The first-order chi connectivity index (χ1) is 9.20. The Morgan fingerprint density at radius 2 is 2.05 bits per heavy atom. The Bertz CT molecular complexity index is 472. The summed E-state index contributed by atoms with van der Waals surface area (Å²) in [6, 6.07) is 8.33. The molecule has 2 heterocycles. The highest BCUT2D eigenvalue weighted by atomic mass is 16.5. The second-order valence-electron chi connectivity index (χ2n) is 5.47. The lowest BCUT2D eigenvalue weighted by atomic mass is 9.89. The van der Waals surface area contributed by atoms with Crippen LogP contribution in [0.2, 0.25) is 0 Å². The van der Waals surface area contributed by atoms with E-state index in [0.717, 1.165) is 25.4 Å². The molecule has 102 valence electrons. The minimum absolute atomic E-state index is 0.176. The van der Waals surface area contributed by atoms with E-state index in [2.05, 4.69) is 17.4 Å². The number of hydrogen-bond acceptors (Lipinski definition) is 3. The molecular weight excluding hydrogens is 240 g/mol. The largest absolute Gasteiger partial charge is 0.497 e. The van der Waals surface area contributed by atoms with Gasteiger partial charge in [0.15, 0.2) is 0 Å². The van der Waals surface area contributed by atoms with Crippen LogP contribution in [0.25, 0.3) is 0 Å². The van der Waals surface area contributed by atoms with E-state index in [4.69, 9.17) is 4.74 Å². The highest BCUT2D eigenvalue weighted by Gasteiger charge is 2.45. The summed E-state index contributed by atoms with van der Waals surface area (Å²) in [5, 5.41) is 3.44. The van der Waals surface area contributed by atoms with Crippen LogP contribution in [0.3, 0.4) is 0 Å². The number of nitrogens with zero attached hydrogens (tertiary/aromatic N) is 1. The first-order valence-electron chi connectivity index (χ1n) is 6.82. The summed E-state index contributed by atoms with van der Waals surface area (Å²) in [7, 11) is 1.67. The number of ether oxygens (including phenoxy) is 1. The molecule has 3 rings (SSSR count). The molecule has 0 aromatic heterocycles. The van der Waals surface area contributed by atoms with Gasteiger partial charge in [0.1, 0.15) is 5.75 Å². The fourth-order valence-electron chi connectivity index (χ4n) is 3.47. The van der Waals surface area contributed by atoms with Crippen molar-refractivity contribution in [3.05, 3.63) is 29.8 Å². The van der Waals surface area contributed by atoms with Gasteiger partial charge in [-0.1, -0.05) is 12.1 Å². The van der Waals surface area contributed by atoms with Gasteiger partial charge in [-0.05, 0) is 23.6 Å². The van der Waals surface area contributed by atoms with Crippen LogP contribution in [-0.2, 0) is 4.79 Å². The number of rotatable bonds is 2. The van der Waals surface area contributed by atoms with Crippen molar-refractivity contribution in [2.75, 3.05) is 26.7 Å². The van der Waals surface area contributed by atoms with Crippen molar-refractivity contribution in [1.29, 1.82) is 0 Å². The van der Waals surface area contributed by atoms with Crippen LogP contribution < -0.4 is 10.1 Å². The van der Waals surface area contributed by atoms with Crippen LogP contribution in [0.5, 0.6) is 5.75 Å². The fourth-order valence-corrected chi connectivity index (χ4v) is 3.47. The minimum atomic E-state index is 0.176. The molecule has 1 aromatic rings. The third-order valence-corrected chi connectivity index (χ3v) is 4.43. The van der Waals surface area contributed by atoms with E-state index < -0.39 is 0 Å². The molecule has 0 radical (unpaired) electrons. The average Bonchev–Trinajstić information content (AvgIpc) is 2.98. The van der Waals surface area contributed by atoms with Gasteiger partial charge in [-0.25, -0.2) is 0 Å². The number of carbonyl (C=O) groups excluding carboxylic acids is 1. The van der Waals surface area contributed by atoms with Gasteiger partial charge in [-0.3, -0.25) is 4.79 Å². The number of nitrogens with one attached hydrogen (secondary N) is 1. The maximum absolute atomic E-state index is 11.9. The smallest absolute Gasteiger partial charge is 0.219 e. The number of benzene rings is 1. The Morgan fingerprint density at radius 3 is 2.68 bits per heavy atom. The molecule has 1 N–H and O–H groups in total. The second kappa shape index (κ2) is 4.85. The molecule has 2 fully saturated rings. The Hall–Kier alpha value is -1.55. The molecule has 19 heavy (non-hydrogen) atoms. The molecule has 4 heteroatoms. The van der Waals surface area contributed by atoms with Crippen molar-refractivity contribution in [3.63, 3.8) is 0 Å². The van der Waals surface area contributed by atoms with Gasteiger partial charge in [0, 0.05) is 32.5 Å². The Morgan fingerprint density at radius 1 is 1.32 bits per heavy atom. The molecule has 0 bridgehead atoms. The lowest BCUT2D eigenvalue weighted by Crippen LogP contribution is -2.32. The number of hydrogen-bond donors (Lipinski definition) is 1. The maximum Gasteiger partial charge on any atom is 0.219 e. The van der Waals surface area contributed by atoms with Gasteiger partial charge in [-0.2, -0.15) is 0 Å². The van der Waals surface area contributed by atoms with E-state index in [1.165, 1.54) is 5.56 Å². The van der Waals surface area contributed by atoms with Crippen molar-refractivity contribution in [2.45, 2.75) is 13.0 Å². The average molecular weight is 260 g/mol. The zero-order valence-electron chi connectivity index (χ0n) is 11.4. The predicted octanol–water partition coefficient (Wildman–Crippen LogP) is 1.43. The van der Waals surface area contributed by atoms with Crippen LogP contribution >= 0.6 is 0 Å². The Labute approximate surface area is 113 Å². The quantitative estimate of drug-likeness (QED) is 0.874. The van der Waals surface area contributed by atoms with Crippen LogP contribution in [0.4, 0.5) is 0 Å². The fraction of sp³-hybridized carbons (Fsp3) is 0.533. The topological polar surface area (TPSA) is 41.6 Å². The summed E-state index contributed by atoms with van der Waals surface area (Å²) in [6.07, 6.45) is 0. The lowest BCUT2D eigenvalue weighted by molar-refractivity contribution is -0.130. The van der Waals surface area contributed by atoms with Crippen LogP contribution in [0.1, 0.15) is 18.5 Å². The van der Waals surface area contributed by atoms with E-state index in [0.29, 0.717) is 11.8 Å². The molecule has 1 amide bonds. The Balaban J connectivity index is 1.91.